The van der Waals surface area contributed by atoms with Gasteiger partial charge in [0.05, 0.1) is 23.1 Å². The topological polar surface area (TPSA) is 95.2 Å². The molecular weight excluding hydrogens is 482 g/mol. The van der Waals surface area contributed by atoms with Gasteiger partial charge in [0.1, 0.15) is 0 Å². The third-order valence-corrected chi connectivity index (χ3v) is 7.53. The van der Waals surface area contributed by atoms with Gasteiger partial charge in [-0.25, -0.2) is 4.98 Å². The Hall–Kier alpha value is -4.78. The molecule has 1 saturated carbocycles. The van der Waals surface area contributed by atoms with E-state index in [9.17, 15) is 0 Å². The summed E-state index contributed by atoms with van der Waals surface area (Å²) in [6.07, 6.45) is 20.2. The van der Waals surface area contributed by atoms with Crippen LogP contribution in [0.15, 0.2) is 98.0 Å². The van der Waals surface area contributed by atoms with Crippen molar-refractivity contribution in [3.8, 4) is 22.5 Å². The van der Waals surface area contributed by atoms with Crippen molar-refractivity contribution in [3.63, 3.8) is 0 Å². The molecule has 5 aromatic rings. The van der Waals surface area contributed by atoms with Gasteiger partial charge in [-0.05, 0) is 61.6 Å². The molecule has 7 heteroatoms. The second kappa shape index (κ2) is 10.5. The van der Waals surface area contributed by atoms with Crippen LogP contribution < -0.4 is 5.32 Å². The Labute approximate surface area is 227 Å². The van der Waals surface area contributed by atoms with E-state index in [1.54, 1.807) is 6.20 Å². The van der Waals surface area contributed by atoms with E-state index in [2.05, 4.69) is 72.9 Å². The molecule has 0 aliphatic heterocycles. The zero-order chi connectivity index (χ0) is 26.8. The van der Waals surface area contributed by atoms with E-state index < -0.39 is 0 Å². The SMILES string of the molecule is C=C/C(=C\C(=C/C)c1cnc2n[nH]c(-c3cc4c(-c5cccnc5)cncc4[nH]3)c2c1)NC(=C)C1CCCC1. The molecule has 0 unspecified atom stereocenters. The molecule has 0 amide bonds. The van der Waals surface area contributed by atoms with Crippen LogP contribution in [0.25, 0.3) is 50.0 Å². The van der Waals surface area contributed by atoms with Crippen LogP contribution in [-0.4, -0.2) is 30.1 Å². The quantitative estimate of drug-likeness (QED) is 0.189. The Balaban J connectivity index is 1.35. The van der Waals surface area contributed by atoms with E-state index in [0.717, 1.165) is 61.3 Å². The van der Waals surface area contributed by atoms with Crippen molar-refractivity contribution in [2.45, 2.75) is 32.6 Å². The maximum absolute atomic E-state index is 4.66. The van der Waals surface area contributed by atoms with Crippen molar-refractivity contribution in [2.75, 3.05) is 0 Å². The molecule has 0 bridgehead atoms. The molecule has 1 aliphatic carbocycles. The second-order valence-electron chi connectivity index (χ2n) is 9.95. The minimum atomic E-state index is 0.527. The van der Waals surface area contributed by atoms with Crippen LogP contribution in [0.5, 0.6) is 0 Å². The molecule has 5 heterocycles. The van der Waals surface area contributed by atoms with Crippen molar-refractivity contribution < 1.29 is 0 Å². The number of hydrogen-bond acceptors (Lipinski definition) is 5. The summed E-state index contributed by atoms with van der Waals surface area (Å²) < 4.78 is 0. The van der Waals surface area contributed by atoms with Gasteiger partial charge in [-0.15, -0.1) is 0 Å². The van der Waals surface area contributed by atoms with Gasteiger partial charge in [0, 0.05) is 63.6 Å². The first-order valence-corrected chi connectivity index (χ1v) is 13.3. The average Bonchev–Trinajstić information content (AvgIpc) is 3.74. The normalized spacial score (nSPS) is 14.8. The molecule has 5 aromatic heterocycles. The van der Waals surface area contributed by atoms with E-state index in [-0.39, 0.29) is 0 Å². The number of pyridine rings is 3. The van der Waals surface area contributed by atoms with Crippen LogP contribution in [0.1, 0.15) is 38.2 Å². The van der Waals surface area contributed by atoms with Crippen LogP contribution in [0, 0.1) is 5.92 Å². The maximum Gasteiger partial charge on any atom is 0.181 e. The number of rotatable bonds is 8. The summed E-state index contributed by atoms with van der Waals surface area (Å²) in [6, 6.07) is 8.23. The summed E-state index contributed by atoms with van der Waals surface area (Å²) in [5.41, 5.74) is 9.48. The lowest BCUT2D eigenvalue weighted by Crippen LogP contribution is -2.16. The lowest BCUT2D eigenvalue weighted by Gasteiger charge is -2.16. The van der Waals surface area contributed by atoms with Crippen molar-refractivity contribution in [2.24, 2.45) is 5.92 Å². The highest BCUT2D eigenvalue weighted by Crippen LogP contribution is 2.34. The van der Waals surface area contributed by atoms with Crippen LogP contribution in [-0.2, 0) is 0 Å². The number of aromatic nitrogens is 6. The third-order valence-electron chi connectivity index (χ3n) is 7.53. The van der Waals surface area contributed by atoms with E-state index in [4.69, 9.17) is 0 Å². The average molecular weight is 514 g/mol. The highest BCUT2D eigenvalue weighted by Gasteiger charge is 2.19. The Morgan fingerprint density at radius 3 is 2.72 bits per heavy atom. The van der Waals surface area contributed by atoms with Crippen LogP contribution in [0.2, 0.25) is 0 Å². The molecule has 1 fully saturated rings. The standard InChI is InChI=1S/C32H31N7/c1-4-21(13-25(5-2)36-20(3)22-9-6-7-10-22)24-14-27-31(38-39-32(27)35-17-24)29-15-26-28(18-34-19-30(26)37-29)23-11-8-12-33-16-23/h4-5,8,11-19,22,36-37H,2-3,6-7,9-10H2,1H3,(H,35,38,39)/b21-4+,25-13+. The minimum Gasteiger partial charge on any atom is -0.359 e. The fourth-order valence-electron chi connectivity index (χ4n) is 5.41. The molecule has 0 atom stereocenters. The predicted octanol–water partition coefficient (Wildman–Crippen LogP) is 7.33. The first-order valence-electron chi connectivity index (χ1n) is 13.3. The number of H-pyrrole nitrogens is 2. The Morgan fingerprint density at radius 1 is 1.08 bits per heavy atom. The lowest BCUT2D eigenvalue weighted by atomic mass is 10.0. The van der Waals surface area contributed by atoms with Gasteiger partial charge in [0.2, 0.25) is 0 Å². The summed E-state index contributed by atoms with van der Waals surface area (Å²) in [5, 5.41) is 13.2. The fraction of sp³-hybridized carbons (Fsp3) is 0.188. The number of allylic oxidation sites excluding steroid dienone is 5. The third kappa shape index (κ3) is 4.79. The maximum atomic E-state index is 4.66. The van der Waals surface area contributed by atoms with Crippen molar-refractivity contribution in [3.05, 3.63) is 104 Å². The lowest BCUT2D eigenvalue weighted by molar-refractivity contribution is 0.607. The summed E-state index contributed by atoms with van der Waals surface area (Å²) in [5.74, 6) is 0.527. The monoisotopic (exact) mass is 513 g/mol. The summed E-state index contributed by atoms with van der Waals surface area (Å²) in [4.78, 5) is 16.9. The Morgan fingerprint density at radius 2 is 1.95 bits per heavy atom. The van der Waals surface area contributed by atoms with Gasteiger partial charge in [-0.2, -0.15) is 5.10 Å². The van der Waals surface area contributed by atoms with Gasteiger partial charge in [-0.3, -0.25) is 15.1 Å². The molecule has 1 aliphatic rings. The molecule has 194 valence electrons. The van der Waals surface area contributed by atoms with E-state index >= 15 is 0 Å². The molecule has 0 saturated heterocycles. The van der Waals surface area contributed by atoms with Crippen LogP contribution in [0.4, 0.5) is 0 Å². The van der Waals surface area contributed by atoms with Crippen molar-refractivity contribution in [1.29, 1.82) is 0 Å². The first-order chi connectivity index (χ1) is 19.1. The molecule has 39 heavy (non-hydrogen) atoms. The van der Waals surface area contributed by atoms with Gasteiger partial charge in [0.25, 0.3) is 0 Å². The van der Waals surface area contributed by atoms with Gasteiger partial charge in [0.15, 0.2) is 5.65 Å². The molecule has 7 nitrogen and oxygen atoms in total. The van der Waals surface area contributed by atoms with Crippen LogP contribution >= 0.6 is 0 Å². The fourth-order valence-corrected chi connectivity index (χ4v) is 5.41. The number of nitrogens with zero attached hydrogens (tertiary/aromatic N) is 4. The second-order valence-corrected chi connectivity index (χ2v) is 9.95. The van der Waals surface area contributed by atoms with Crippen molar-refractivity contribution >= 4 is 27.5 Å². The minimum absolute atomic E-state index is 0.527. The smallest absolute Gasteiger partial charge is 0.181 e. The van der Waals surface area contributed by atoms with Gasteiger partial charge < -0.3 is 10.3 Å². The van der Waals surface area contributed by atoms with E-state index in [1.807, 2.05) is 49.9 Å². The zero-order valence-corrected chi connectivity index (χ0v) is 22.0. The summed E-state index contributed by atoms with van der Waals surface area (Å²) in [6.45, 7) is 10.4. The van der Waals surface area contributed by atoms with Gasteiger partial charge >= 0.3 is 0 Å². The molecule has 0 aromatic carbocycles. The van der Waals surface area contributed by atoms with E-state index in [1.165, 1.54) is 25.7 Å². The highest BCUT2D eigenvalue weighted by atomic mass is 15.2. The van der Waals surface area contributed by atoms with E-state index in [0.29, 0.717) is 11.6 Å². The van der Waals surface area contributed by atoms with Crippen molar-refractivity contribution in [1.82, 2.24) is 35.5 Å². The summed E-state index contributed by atoms with van der Waals surface area (Å²) in [7, 11) is 0. The number of fused-ring (bicyclic) bond motifs is 2. The largest absolute Gasteiger partial charge is 0.359 e. The Bertz CT molecular complexity index is 1730. The molecule has 0 radical (unpaired) electrons. The molecular formula is C32H31N7. The van der Waals surface area contributed by atoms with Crippen LogP contribution in [0.3, 0.4) is 0 Å². The zero-order valence-electron chi connectivity index (χ0n) is 22.0. The number of nitrogens with one attached hydrogen (secondary N) is 3. The van der Waals surface area contributed by atoms with Gasteiger partial charge in [-0.1, -0.05) is 38.1 Å². The first kappa shape index (κ1) is 24.6. The molecule has 0 spiro atoms. The molecule has 6 rings (SSSR count). The number of hydrogen-bond donors (Lipinski definition) is 3. The highest BCUT2D eigenvalue weighted by molar-refractivity contribution is 6.00. The summed E-state index contributed by atoms with van der Waals surface area (Å²) >= 11 is 0. The number of aromatic amines is 2. The molecule has 3 N–H and O–H groups in total. The predicted molar refractivity (Wildman–Crippen MR) is 158 cm³/mol. The Kier molecular flexibility index (Phi) is 6.63.